The number of hydrogen-bond acceptors (Lipinski definition) is 3. The fourth-order valence-electron chi connectivity index (χ4n) is 2.64. The number of halogens is 1. The van der Waals surface area contributed by atoms with Crippen molar-refractivity contribution in [3.05, 3.63) is 33.8 Å². The SMILES string of the molecule is COC(=O)c1ccc(CN2CCCC(C)CC2)c(Br)c1. The second kappa shape index (κ2) is 7.23. The molecule has 0 aliphatic carbocycles. The van der Waals surface area contributed by atoms with Crippen LogP contribution in [0.1, 0.15) is 42.1 Å². The van der Waals surface area contributed by atoms with Crippen LogP contribution in [0.3, 0.4) is 0 Å². The summed E-state index contributed by atoms with van der Waals surface area (Å²) in [5.74, 6) is 0.547. The van der Waals surface area contributed by atoms with Gasteiger partial charge >= 0.3 is 5.97 Å². The maximum atomic E-state index is 11.5. The Labute approximate surface area is 129 Å². The smallest absolute Gasteiger partial charge is 0.337 e. The first-order valence-electron chi connectivity index (χ1n) is 7.19. The lowest BCUT2D eigenvalue weighted by Gasteiger charge is -2.21. The molecular formula is C16H22BrNO2. The van der Waals surface area contributed by atoms with E-state index in [0.29, 0.717) is 5.56 Å². The van der Waals surface area contributed by atoms with Gasteiger partial charge in [-0.05, 0) is 56.0 Å². The van der Waals surface area contributed by atoms with Gasteiger partial charge in [-0.1, -0.05) is 28.9 Å². The monoisotopic (exact) mass is 339 g/mol. The molecule has 2 rings (SSSR count). The summed E-state index contributed by atoms with van der Waals surface area (Å²) in [6.45, 7) is 5.60. The van der Waals surface area contributed by atoms with Crippen molar-refractivity contribution in [2.75, 3.05) is 20.2 Å². The summed E-state index contributed by atoms with van der Waals surface area (Å²) in [5, 5.41) is 0. The lowest BCUT2D eigenvalue weighted by molar-refractivity contribution is 0.0600. The van der Waals surface area contributed by atoms with Gasteiger partial charge in [-0.2, -0.15) is 0 Å². The number of benzene rings is 1. The molecule has 1 unspecified atom stereocenters. The average Bonchev–Trinajstić information content (AvgIpc) is 2.65. The van der Waals surface area contributed by atoms with E-state index in [4.69, 9.17) is 4.74 Å². The molecule has 0 N–H and O–H groups in total. The van der Waals surface area contributed by atoms with Crippen LogP contribution in [0, 0.1) is 5.92 Å². The third-order valence-electron chi connectivity index (χ3n) is 3.98. The fraction of sp³-hybridized carbons (Fsp3) is 0.562. The van der Waals surface area contributed by atoms with Gasteiger partial charge < -0.3 is 4.74 Å². The number of carbonyl (C=O) groups is 1. The Bertz CT molecular complexity index is 476. The highest BCUT2D eigenvalue weighted by Gasteiger charge is 2.15. The second-order valence-corrected chi connectivity index (χ2v) is 6.46. The number of methoxy groups -OCH3 is 1. The van der Waals surface area contributed by atoms with Crippen molar-refractivity contribution < 1.29 is 9.53 Å². The van der Waals surface area contributed by atoms with Crippen molar-refractivity contribution >= 4 is 21.9 Å². The summed E-state index contributed by atoms with van der Waals surface area (Å²) in [6, 6.07) is 5.71. The summed E-state index contributed by atoms with van der Waals surface area (Å²) in [4.78, 5) is 14.0. The number of hydrogen-bond donors (Lipinski definition) is 0. The number of likely N-dealkylation sites (tertiary alicyclic amines) is 1. The molecule has 110 valence electrons. The molecule has 4 heteroatoms. The van der Waals surface area contributed by atoms with Crippen molar-refractivity contribution in [2.45, 2.75) is 32.7 Å². The van der Waals surface area contributed by atoms with Gasteiger partial charge in [0.15, 0.2) is 0 Å². The molecule has 1 aromatic rings. The Kier molecular flexibility index (Phi) is 5.61. The zero-order valence-corrected chi connectivity index (χ0v) is 13.8. The standard InChI is InChI=1S/C16H22BrNO2/c1-12-4-3-8-18(9-7-12)11-14-6-5-13(10-15(14)17)16(19)20-2/h5-6,10,12H,3-4,7-9,11H2,1-2H3. The van der Waals surface area contributed by atoms with Crippen molar-refractivity contribution in [1.29, 1.82) is 0 Å². The predicted octanol–water partition coefficient (Wildman–Crippen LogP) is 3.86. The van der Waals surface area contributed by atoms with Gasteiger partial charge in [0.1, 0.15) is 0 Å². The quantitative estimate of drug-likeness (QED) is 0.783. The van der Waals surface area contributed by atoms with Gasteiger partial charge in [0.05, 0.1) is 12.7 Å². The third kappa shape index (κ3) is 4.06. The molecule has 0 spiro atoms. The lowest BCUT2D eigenvalue weighted by atomic mass is 10.0. The molecule has 1 aliphatic rings. The van der Waals surface area contributed by atoms with E-state index in [1.54, 1.807) is 0 Å². The maximum absolute atomic E-state index is 11.5. The minimum Gasteiger partial charge on any atom is -0.465 e. The molecule has 3 nitrogen and oxygen atoms in total. The Morgan fingerprint density at radius 1 is 1.40 bits per heavy atom. The summed E-state index contributed by atoms with van der Waals surface area (Å²) in [6.07, 6.45) is 3.88. The summed E-state index contributed by atoms with van der Waals surface area (Å²) < 4.78 is 5.72. The highest BCUT2D eigenvalue weighted by Crippen LogP contribution is 2.23. The lowest BCUT2D eigenvalue weighted by Crippen LogP contribution is -2.24. The minimum absolute atomic E-state index is 0.291. The van der Waals surface area contributed by atoms with E-state index in [9.17, 15) is 4.79 Å². The maximum Gasteiger partial charge on any atom is 0.337 e. The minimum atomic E-state index is -0.291. The Hall–Kier alpha value is -0.870. The molecule has 0 amide bonds. The third-order valence-corrected chi connectivity index (χ3v) is 4.72. The first kappa shape index (κ1) is 15.5. The molecule has 1 aromatic carbocycles. The first-order chi connectivity index (χ1) is 9.60. The number of ether oxygens (including phenoxy) is 1. The number of carbonyl (C=O) groups excluding carboxylic acids is 1. The number of rotatable bonds is 3. The van der Waals surface area contributed by atoms with Gasteiger partial charge in [0, 0.05) is 11.0 Å². The van der Waals surface area contributed by atoms with Crippen LogP contribution >= 0.6 is 15.9 Å². The Morgan fingerprint density at radius 2 is 2.20 bits per heavy atom. The highest BCUT2D eigenvalue weighted by molar-refractivity contribution is 9.10. The van der Waals surface area contributed by atoms with E-state index in [2.05, 4.69) is 27.8 Å². The molecule has 0 bridgehead atoms. The predicted molar refractivity (Wildman–Crippen MR) is 83.8 cm³/mol. The van der Waals surface area contributed by atoms with Crippen LogP contribution in [0.25, 0.3) is 0 Å². The normalized spacial score (nSPS) is 20.4. The van der Waals surface area contributed by atoms with Crippen molar-refractivity contribution in [3.8, 4) is 0 Å². The van der Waals surface area contributed by atoms with E-state index in [0.717, 1.165) is 30.0 Å². The first-order valence-corrected chi connectivity index (χ1v) is 7.98. The van der Waals surface area contributed by atoms with Crippen molar-refractivity contribution in [2.24, 2.45) is 5.92 Å². The molecule has 1 heterocycles. The van der Waals surface area contributed by atoms with Gasteiger partial charge in [-0.25, -0.2) is 4.79 Å². The van der Waals surface area contributed by atoms with Gasteiger partial charge in [0.25, 0.3) is 0 Å². The summed E-state index contributed by atoms with van der Waals surface area (Å²) in [5.41, 5.74) is 1.82. The Balaban J connectivity index is 2.04. The van der Waals surface area contributed by atoms with Crippen LogP contribution in [0.4, 0.5) is 0 Å². The number of esters is 1. The van der Waals surface area contributed by atoms with E-state index >= 15 is 0 Å². The van der Waals surface area contributed by atoms with Gasteiger partial charge in [-0.15, -0.1) is 0 Å². The molecule has 0 saturated carbocycles. The van der Waals surface area contributed by atoms with Gasteiger partial charge in [-0.3, -0.25) is 4.90 Å². The largest absolute Gasteiger partial charge is 0.465 e. The van der Waals surface area contributed by atoms with Crippen molar-refractivity contribution in [1.82, 2.24) is 4.90 Å². The molecule has 1 atom stereocenters. The number of nitrogens with zero attached hydrogens (tertiary/aromatic N) is 1. The molecule has 0 aromatic heterocycles. The van der Waals surface area contributed by atoms with Crippen LogP contribution < -0.4 is 0 Å². The van der Waals surface area contributed by atoms with Crippen molar-refractivity contribution in [3.63, 3.8) is 0 Å². The van der Waals surface area contributed by atoms with Crippen LogP contribution in [0.2, 0.25) is 0 Å². The van der Waals surface area contributed by atoms with Crippen LogP contribution in [-0.4, -0.2) is 31.1 Å². The summed E-state index contributed by atoms with van der Waals surface area (Å²) >= 11 is 3.57. The fourth-order valence-corrected chi connectivity index (χ4v) is 3.15. The average molecular weight is 340 g/mol. The zero-order chi connectivity index (χ0) is 14.5. The summed E-state index contributed by atoms with van der Waals surface area (Å²) in [7, 11) is 1.41. The molecule has 1 aliphatic heterocycles. The van der Waals surface area contributed by atoms with E-state index < -0.39 is 0 Å². The highest BCUT2D eigenvalue weighted by atomic mass is 79.9. The van der Waals surface area contributed by atoms with E-state index in [1.165, 1.54) is 31.9 Å². The van der Waals surface area contributed by atoms with Crippen LogP contribution in [0.5, 0.6) is 0 Å². The van der Waals surface area contributed by atoms with Gasteiger partial charge in [0.2, 0.25) is 0 Å². The molecule has 1 fully saturated rings. The Morgan fingerprint density at radius 3 is 2.90 bits per heavy atom. The molecule has 0 radical (unpaired) electrons. The van der Waals surface area contributed by atoms with E-state index in [1.807, 2.05) is 18.2 Å². The molecular weight excluding hydrogens is 318 g/mol. The topological polar surface area (TPSA) is 29.5 Å². The van der Waals surface area contributed by atoms with E-state index in [-0.39, 0.29) is 5.97 Å². The second-order valence-electron chi connectivity index (χ2n) is 5.61. The molecule has 20 heavy (non-hydrogen) atoms. The van der Waals surface area contributed by atoms with Crippen LogP contribution in [0.15, 0.2) is 22.7 Å². The van der Waals surface area contributed by atoms with Crippen LogP contribution in [-0.2, 0) is 11.3 Å². The zero-order valence-electron chi connectivity index (χ0n) is 12.2. The molecule has 1 saturated heterocycles.